The van der Waals surface area contributed by atoms with Crippen molar-refractivity contribution in [3.05, 3.63) is 18.0 Å². The molecule has 0 aliphatic heterocycles. The van der Waals surface area contributed by atoms with Crippen LogP contribution in [0.25, 0.3) is 0 Å². The summed E-state index contributed by atoms with van der Waals surface area (Å²) >= 11 is 0. The molecule has 21 heavy (non-hydrogen) atoms. The van der Waals surface area contributed by atoms with Crippen LogP contribution in [0, 0.1) is 11.3 Å². The van der Waals surface area contributed by atoms with E-state index in [1.807, 2.05) is 10.9 Å². The number of nitrogens with zero attached hydrogens (tertiary/aromatic N) is 2. The van der Waals surface area contributed by atoms with E-state index in [9.17, 15) is 0 Å². The second-order valence-electron chi connectivity index (χ2n) is 7.41. The largest absolute Gasteiger partial charge is 0.307 e. The number of aryl methyl sites for hydroxylation is 1. The Morgan fingerprint density at radius 2 is 1.95 bits per heavy atom. The van der Waals surface area contributed by atoms with Crippen molar-refractivity contribution in [2.75, 3.05) is 0 Å². The van der Waals surface area contributed by atoms with Crippen LogP contribution >= 0.6 is 0 Å². The number of hydrogen-bond acceptors (Lipinski definition) is 2. The third-order valence-electron chi connectivity index (χ3n) is 5.71. The van der Waals surface area contributed by atoms with Crippen LogP contribution in [0.3, 0.4) is 0 Å². The van der Waals surface area contributed by atoms with Gasteiger partial charge >= 0.3 is 0 Å². The molecule has 0 amide bonds. The zero-order chi connectivity index (χ0) is 15.5. The smallest absolute Gasteiger partial charge is 0.0537 e. The lowest BCUT2D eigenvalue weighted by Gasteiger charge is -2.39. The molecule has 0 bridgehead atoms. The van der Waals surface area contributed by atoms with Gasteiger partial charge in [0.1, 0.15) is 0 Å². The first-order chi connectivity index (χ1) is 9.96. The summed E-state index contributed by atoms with van der Waals surface area (Å²) in [6.45, 7) is 12.5. The fraction of sp³-hybridized carbons (Fsp3) is 0.833. The van der Waals surface area contributed by atoms with Crippen LogP contribution in [0.2, 0.25) is 0 Å². The predicted octanol–water partition coefficient (Wildman–Crippen LogP) is 4.55. The molecule has 1 aromatic heterocycles. The first kappa shape index (κ1) is 16.5. The van der Waals surface area contributed by atoms with Crippen LogP contribution in [0.5, 0.6) is 0 Å². The Kier molecular flexibility index (Phi) is 5.48. The summed E-state index contributed by atoms with van der Waals surface area (Å²) in [5.74, 6) is 0.902. The van der Waals surface area contributed by atoms with Crippen molar-refractivity contribution in [3.8, 4) is 0 Å². The fourth-order valence-electron chi connectivity index (χ4n) is 3.56. The highest BCUT2D eigenvalue weighted by atomic mass is 15.3. The van der Waals surface area contributed by atoms with Gasteiger partial charge in [-0.05, 0) is 50.9 Å². The van der Waals surface area contributed by atoms with Gasteiger partial charge in [0, 0.05) is 30.4 Å². The molecule has 1 N–H and O–H groups in total. The summed E-state index contributed by atoms with van der Waals surface area (Å²) in [7, 11) is 0. The number of hydrogen-bond donors (Lipinski definition) is 1. The molecule has 120 valence electrons. The maximum absolute atomic E-state index is 4.38. The van der Waals surface area contributed by atoms with Gasteiger partial charge in [0.05, 0.1) is 6.20 Å². The van der Waals surface area contributed by atoms with E-state index in [0.717, 1.165) is 12.5 Å². The zero-order valence-corrected chi connectivity index (χ0v) is 14.5. The predicted molar refractivity (Wildman–Crippen MR) is 89.3 cm³/mol. The highest BCUT2D eigenvalue weighted by molar-refractivity contribution is 5.09. The van der Waals surface area contributed by atoms with Crippen molar-refractivity contribution in [2.45, 2.75) is 85.4 Å². The topological polar surface area (TPSA) is 29.9 Å². The van der Waals surface area contributed by atoms with Crippen LogP contribution in [-0.4, -0.2) is 15.8 Å². The quantitative estimate of drug-likeness (QED) is 0.833. The molecule has 0 aromatic carbocycles. The van der Waals surface area contributed by atoms with Crippen LogP contribution in [0.1, 0.15) is 78.3 Å². The van der Waals surface area contributed by atoms with Crippen molar-refractivity contribution in [1.29, 1.82) is 0 Å². The molecule has 1 saturated carbocycles. The van der Waals surface area contributed by atoms with Gasteiger partial charge in [-0.25, -0.2) is 0 Å². The Bertz CT molecular complexity index is 427. The molecule has 0 spiro atoms. The molecule has 3 nitrogen and oxygen atoms in total. The van der Waals surface area contributed by atoms with Crippen LogP contribution < -0.4 is 5.32 Å². The highest BCUT2D eigenvalue weighted by Crippen LogP contribution is 2.40. The Morgan fingerprint density at radius 3 is 2.48 bits per heavy atom. The summed E-state index contributed by atoms with van der Waals surface area (Å²) in [5, 5.41) is 8.19. The Hall–Kier alpha value is -0.830. The SMILES string of the molecule is CCn1cc(C(C)NC2CCC(C(C)(C)CC)CC2)cn1. The van der Waals surface area contributed by atoms with Gasteiger partial charge in [-0.2, -0.15) is 5.10 Å². The van der Waals surface area contributed by atoms with Gasteiger partial charge in [-0.3, -0.25) is 4.68 Å². The first-order valence-electron chi connectivity index (χ1n) is 8.74. The summed E-state index contributed by atoms with van der Waals surface area (Å²) in [4.78, 5) is 0. The minimum Gasteiger partial charge on any atom is -0.307 e. The number of rotatable bonds is 6. The zero-order valence-electron chi connectivity index (χ0n) is 14.5. The Labute approximate surface area is 130 Å². The van der Waals surface area contributed by atoms with E-state index in [1.54, 1.807) is 0 Å². The maximum atomic E-state index is 4.38. The second-order valence-corrected chi connectivity index (χ2v) is 7.41. The fourth-order valence-corrected chi connectivity index (χ4v) is 3.56. The molecular formula is C18H33N3. The molecule has 1 fully saturated rings. The molecule has 0 radical (unpaired) electrons. The molecule has 1 heterocycles. The average Bonchev–Trinajstić information content (AvgIpc) is 2.97. The first-order valence-corrected chi connectivity index (χ1v) is 8.74. The van der Waals surface area contributed by atoms with Gasteiger partial charge in [-0.1, -0.05) is 27.2 Å². The van der Waals surface area contributed by atoms with Gasteiger partial charge in [0.15, 0.2) is 0 Å². The van der Waals surface area contributed by atoms with E-state index >= 15 is 0 Å². The molecule has 1 unspecified atom stereocenters. The molecule has 0 saturated heterocycles. The number of nitrogens with one attached hydrogen (secondary N) is 1. The van der Waals surface area contributed by atoms with E-state index < -0.39 is 0 Å². The van der Waals surface area contributed by atoms with Gasteiger partial charge in [0.25, 0.3) is 0 Å². The Balaban J connectivity index is 1.83. The van der Waals surface area contributed by atoms with Crippen molar-refractivity contribution in [1.82, 2.24) is 15.1 Å². The second kappa shape index (κ2) is 6.95. The van der Waals surface area contributed by atoms with E-state index in [1.165, 1.54) is 37.7 Å². The third kappa shape index (κ3) is 4.09. The van der Waals surface area contributed by atoms with E-state index in [0.29, 0.717) is 17.5 Å². The molecule has 2 rings (SSSR count). The lowest BCUT2D eigenvalue weighted by Crippen LogP contribution is -2.37. The molecule has 1 atom stereocenters. The lowest BCUT2D eigenvalue weighted by molar-refractivity contribution is 0.134. The van der Waals surface area contributed by atoms with Crippen LogP contribution in [0.15, 0.2) is 12.4 Å². The molecule has 1 aliphatic rings. The molecule has 1 aliphatic carbocycles. The van der Waals surface area contributed by atoms with Gasteiger partial charge in [0.2, 0.25) is 0 Å². The summed E-state index contributed by atoms with van der Waals surface area (Å²) in [6, 6.07) is 1.08. The average molecular weight is 291 g/mol. The monoisotopic (exact) mass is 291 g/mol. The normalized spacial score (nSPS) is 25.0. The maximum Gasteiger partial charge on any atom is 0.0537 e. The van der Waals surface area contributed by atoms with E-state index in [4.69, 9.17) is 0 Å². The van der Waals surface area contributed by atoms with Crippen molar-refractivity contribution in [3.63, 3.8) is 0 Å². The number of aromatic nitrogens is 2. The van der Waals surface area contributed by atoms with E-state index in [-0.39, 0.29) is 0 Å². The van der Waals surface area contributed by atoms with Crippen molar-refractivity contribution < 1.29 is 0 Å². The lowest BCUT2D eigenvalue weighted by atomic mass is 9.69. The molecule has 1 aromatic rings. The van der Waals surface area contributed by atoms with Crippen molar-refractivity contribution in [2.24, 2.45) is 11.3 Å². The van der Waals surface area contributed by atoms with Gasteiger partial charge < -0.3 is 5.32 Å². The van der Waals surface area contributed by atoms with Crippen molar-refractivity contribution >= 4 is 0 Å². The standard InChI is InChI=1S/C18H33N3/c1-6-18(4,5)16-8-10-17(11-9-16)20-14(3)15-12-19-21(7-2)13-15/h12-14,16-17,20H,6-11H2,1-5H3. The van der Waals surface area contributed by atoms with Gasteiger partial charge in [-0.15, -0.1) is 0 Å². The summed E-state index contributed by atoms with van der Waals surface area (Å²) in [5.41, 5.74) is 1.83. The van der Waals surface area contributed by atoms with Crippen LogP contribution in [-0.2, 0) is 6.54 Å². The van der Waals surface area contributed by atoms with E-state index in [2.05, 4.69) is 51.2 Å². The third-order valence-corrected chi connectivity index (χ3v) is 5.71. The highest BCUT2D eigenvalue weighted by Gasteiger charge is 2.32. The molecular weight excluding hydrogens is 258 g/mol. The molecule has 3 heteroatoms. The minimum atomic E-state index is 0.408. The summed E-state index contributed by atoms with van der Waals surface area (Å²) in [6.07, 6.45) is 10.9. The summed E-state index contributed by atoms with van der Waals surface area (Å²) < 4.78 is 2.01. The Morgan fingerprint density at radius 1 is 1.29 bits per heavy atom. The minimum absolute atomic E-state index is 0.408. The van der Waals surface area contributed by atoms with Crippen LogP contribution in [0.4, 0.5) is 0 Å².